The maximum absolute atomic E-state index is 11.0. The smallest absolute Gasteiger partial charge is 0.336 e. The van der Waals surface area contributed by atoms with Gasteiger partial charge in [0.15, 0.2) is 0 Å². The first-order valence-corrected chi connectivity index (χ1v) is 8.65. The van der Waals surface area contributed by atoms with E-state index in [2.05, 4.69) is 13.8 Å². The molecule has 0 saturated carbocycles. The van der Waals surface area contributed by atoms with Crippen LogP contribution < -0.4 is 0 Å². The summed E-state index contributed by atoms with van der Waals surface area (Å²) in [7, 11) is 0. The van der Waals surface area contributed by atoms with Crippen molar-refractivity contribution in [1.82, 2.24) is 0 Å². The van der Waals surface area contributed by atoms with Gasteiger partial charge in [0.1, 0.15) is 0 Å². The molecular formula is C19H28O6. The molecule has 1 aromatic carbocycles. The molecule has 0 amide bonds. The van der Waals surface area contributed by atoms with Gasteiger partial charge < -0.3 is 14.9 Å². The molecule has 0 saturated heterocycles. The van der Waals surface area contributed by atoms with E-state index in [-0.39, 0.29) is 17.1 Å². The minimum atomic E-state index is -1.23. The molecule has 25 heavy (non-hydrogen) atoms. The Morgan fingerprint density at radius 3 is 1.80 bits per heavy atom. The number of carboxylic acids is 2. The SMILES string of the molecule is CCCCCCOC(=O)CCCC.O=C(O)c1ccccc1C(=O)O. The molecule has 0 radical (unpaired) electrons. The van der Waals surface area contributed by atoms with Crippen LogP contribution in [0.4, 0.5) is 0 Å². The second-order valence-corrected chi connectivity index (χ2v) is 5.54. The maximum Gasteiger partial charge on any atom is 0.336 e. The van der Waals surface area contributed by atoms with Crippen molar-refractivity contribution < 1.29 is 29.3 Å². The summed E-state index contributed by atoms with van der Waals surface area (Å²) in [6, 6.07) is 5.48. The summed E-state index contributed by atoms with van der Waals surface area (Å²) in [5.41, 5.74) is -0.380. The molecule has 6 nitrogen and oxygen atoms in total. The van der Waals surface area contributed by atoms with E-state index in [0.717, 1.165) is 19.3 Å². The molecule has 0 fully saturated rings. The number of benzene rings is 1. The highest BCUT2D eigenvalue weighted by molar-refractivity contribution is 6.01. The van der Waals surface area contributed by atoms with Crippen LogP contribution >= 0.6 is 0 Å². The number of ether oxygens (including phenoxy) is 1. The molecule has 2 N–H and O–H groups in total. The van der Waals surface area contributed by atoms with E-state index in [4.69, 9.17) is 14.9 Å². The molecule has 0 aliphatic heterocycles. The number of carbonyl (C=O) groups excluding carboxylic acids is 1. The van der Waals surface area contributed by atoms with Gasteiger partial charge in [0, 0.05) is 6.42 Å². The van der Waals surface area contributed by atoms with Gasteiger partial charge in [-0.25, -0.2) is 9.59 Å². The lowest BCUT2D eigenvalue weighted by Crippen LogP contribution is -2.06. The molecule has 0 aliphatic rings. The molecule has 0 unspecified atom stereocenters. The van der Waals surface area contributed by atoms with Gasteiger partial charge in [0.2, 0.25) is 0 Å². The van der Waals surface area contributed by atoms with Gasteiger partial charge in [-0.2, -0.15) is 0 Å². The van der Waals surface area contributed by atoms with E-state index in [1.807, 2.05) is 0 Å². The zero-order valence-corrected chi connectivity index (χ0v) is 15.0. The molecule has 0 aromatic heterocycles. The van der Waals surface area contributed by atoms with Crippen molar-refractivity contribution in [2.24, 2.45) is 0 Å². The quantitative estimate of drug-likeness (QED) is 0.478. The largest absolute Gasteiger partial charge is 0.478 e. The van der Waals surface area contributed by atoms with Crippen LogP contribution in [0.2, 0.25) is 0 Å². The maximum atomic E-state index is 11.0. The number of esters is 1. The Balaban J connectivity index is 0.000000462. The molecule has 140 valence electrons. The fraction of sp³-hybridized carbons (Fsp3) is 0.526. The molecule has 0 spiro atoms. The van der Waals surface area contributed by atoms with E-state index in [0.29, 0.717) is 13.0 Å². The minimum Gasteiger partial charge on any atom is -0.478 e. The second-order valence-electron chi connectivity index (χ2n) is 5.54. The average Bonchev–Trinajstić information content (AvgIpc) is 2.60. The third kappa shape index (κ3) is 10.9. The van der Waals surface area contributed by atoms with E-state index < -0.39 is 11.9 Å². The number of hydrogen-bond donors (Lipinski definition) is 2. The van der Waals surface area contributed by atoms with Crippen molar-refractivity contribution in [2.45, 2.75) is 58.8 Å². The molecule has 0 aliphatic carbocycles. The molecule has 1 rings (SSSR count). The number of hydrogen-bond acceptors (Lipinski definition) is 4. The van der Waals surface area contributed by atoms with E-state index >= 15 is 0 Å². The monoisotopic (exact) mass is 352 g/mol. The van der Waals surface area contributed by atoms with Gasteiger partial charge in [-0.15, -0.1) is 0 Å². The van der Waals surface area contributed by atoms with Gasteiger partial charge in [0.25, 0.3) is 0 Å². The number of carboxylic acid groups (broad SMARTS) is 2. The Morgan fingerprint density at radius 2 is 1.36 bits per heavy atom. The van der Waals surface area contributed by atoms with Crippen LogP contribution in [0.1, 0.15) is 79.5 Å². The van der Waals surface area contributed by atoms with Crippen LogP contribution in [-0.4, -0.2) is 34.7 Å². The molecule has 0 heterocycles. The highest BCUT2D eigenvalue weighted by atomic mass is 16.5. The lowest BCUT2D eigenvalue weighted by Gasteiger charge is -2.03. The number of aromatic carboxylic acids is 2. The molecule has 6 heteroatoms. The van der Waals surface area contributed by atoms with Crippen molar-refractivity contribution in [3.05, 3.63) is 35.4 Å². The summed E-state index contributed by atoms with van der Waals surface area (Å²) >= 11 is 0. The van der Waals surface area contributed by atoms with Crippen molar-refractivity contribution in [3.63, 3.8) is 0 Å². The van der Waals surface area contributed by atoms with Gasteiger partial charge in [-0.3, -0.25) is 4.79 Å². The highest BCUT2D eigenvalue weighted by Crippen LogP contribution is 2.07. The molecule has 1 aromatic rings. The first-order valence-electron chi connectivity index (χ1n) is 8.65. The fourth-order valence-electron chi connectivity index (χ4n) is 1.96. The van der Waals surface area contributed by atoms with Crippen molar-refractivity contribution in [2.75, 3.05) is 6.61 Å². The molecular weight excluding hydrogens is 324 g/mol. The first kappa shape index (κ1) is 22.6. The van der Waals surface area contributed by atoms with Gasteiger partial charge in [-0.1, -0.05) is 51.7 Å². The Bertz CT molecular complexity index is 505. The normalized spacial score (nSPS) is 9.68. The van der Waals surface area contributed by atoms with Crippen LogP contribution in [0.3, 0.4) is 0 Å². The van der Waals surface area contributed by atoms with Crippen LogP contribution in [0.5, 0.6) is 0 Å². The standard InChI is InChI=1S/C11H22O2.C8H6O4/c1-3-5-7-8-10-13-11(12)9-6-4-2;9-7(10)5-3-1-2-4-6(5)8(11)12/h3-10H2,1-2H3;1-4H,(H,9,10)(H,11,12). The van der Waals surface area contributed by atoms with Crippen LogP contribution in [0.15, 0.2) is 24.3 Å². The lowest BCUT2D eigenvalue weighted by atomic mass is 10.1. The Kier molecular flexibility index (Phi) is 12.7. The van der Waals surface area contributed by atoms with E-state index in [1.54, 1.807) is 0 Å². The topological polar surface area (TPSA) is 101 Å². The summed E-state index contributed by atoms with van der Waals surface area (Å²) in [5.74, 6) is -2.49. The van der Waals surface area contributed by atoms with Crippen LogP contribution in [0, 0.1) is 0 Å². The summed E-state index contributed by atoms with van der Waals surface area (Å²) in [6.45, 7) is 4.87. The van der Waals surface area contributed by atoms with Crippen molar-refractivity contribution >= 4 is 17.9 Å². The predicted molar refractivity (Wildman–Crippen MR) is 95.0 cm³/mol. The van der Waals surface area contributed by atoms with Gasteiger partial charge >= 0.3 is 17.9 Å². The third-order valence-electron chi connectivity index (χ3n) is 3.38. The molecule has 0 bridgehead atoms. The highest BCUT2D eigenvalue weighted by Gasteiger charge is 2.13. The second kappa shape index (κ2) is 14.0. The van der Waals surface area contributed by atoms with Crippen LogP contribution in [-0.2, 0) is 9.53 Å². The predicted octanol–water partition coefficient (Wildman–Crippen LogP) is 4.38. The molecule has 0 atom stereocenters. The lowest BCUT2D eigenvalue weighted by molar-refractivity contribution is -0.143. The Morgan fingerprint density at radius 1 is 0.840 bits per heavy atom. The van der Waals surface area contributed by atoms with E-state index in [9.17, 15) is 14.4 Å². The summed E-state index contributed by atoms with van der Waals surface area (Å²) < 4.78 is 5.05. The zero-order chi connectivity index (χ0) is 19.1. The van der Waals surface area contributed by atoms with E-state index in [1.165, 1.54) is 43.5 Å². The Labute approximate surface area is 148 Å². The van der Waals surface area contributed by atoms with Crippen molar-refractivity contribution in [3.8, 4) is 0 Å². The summed E-state index contributed by atoms with van der Waals surface area (Å²) in [6.07, 6.45) is 7.27. The van der Waals surface area contributed by atoms with Gasteiger partial charge in [-0.05, 0) is 25.0 Å². The summed E-state index contributed by atoms with van der Waals surface area (Å²) in [4.78, 5) is 31.9. The zero-order valence-electron chi connectivity index (χ0n) is 15.0. The van der Waals surface area contributed by atoms with Gasteiger partial charge in [0.05, 0.1) is 17.7 Å². The number of unbranched alkanes of at least 4 members (excludes halogenated alkanes) is 4. The number of carbonyl (C=O) groups is 3. The first-order chi connectivity index (χ1) is 11.9. The van der Waals surface area contributed by atoms with Crippen LogP contribution in [0.25, 0.3) is 0 Å². The third-order valence-corrected chi connectivity index (χ3v) is 3.38. The van der Waals surface area contributed by atoms with Crippen molar-refractivity contribution in [1.29, 1.82) is 0 Å². The number of rotatable bonds is 10. The average molecular weight is 352 g/mol. The Hall–Kier alpha value is -2.37. The fourth-order valence-corrected chi connectivity index (χ4v) is 1.96. The summed E-state index contributed by atoms with van der Waals surface area (Å²) in [5, 5.41) is 17.1. The minimum absolute atomic E-state index is 0.0293.